The summed E-state index contributed by atoms with van der Waals surface area (Å²) in [5.41, 5.74) is 6.01. The number of piperidine rings is 1. The van der Waals surface area contributed by atoms with Gasteiger partial charge in [0.25, 0.3) is 0 Å². The first-order valence-corrected chi connectivity index (χ1v) is 8.07. The van der Waals surface area contributed by atoms with Gasteiger partial charge in [-0.3, -0.25) is 4.79 Å². The Morgan fingerprint density at radius 2 is 2.15 bits per heavy atom. The molecule has 1 atom stereocenters. The Balaban J connectivity index is 2.22. The third kappa shape index (κ3) is 6.23. The van der Waals surface area contributed by atoms with Crippen LogP contribution >= 0.6 is 0 Å². The van der Waals surface area contributed by atoms with Gasteiger partial charge in [-0.2, -0.15) is 0 Å². The Morgan fingerprint density at radius 3 is 2.80 bits per heavy atom. The molecule has 1 aliphatic heterocycles. The summed E-state index contributed by atoms with van der Waals surface area (Å²) in [7, 11) is 0. The highest BCUT2D eigenvalue weighted by molar-refractivity contribution is 5.72. The molecule has 0 aliphatic carbocycles. The van der Waals surface area contributed by atoms with Crippen molar-refractivity contribution >= 4 is 5.97 Å². The lowest BCUT2D eigenvalue weighted by Gasteiger charge is -2.31. The van der Waals surface area contributed by atoms with Crippen LogP contribution in [0.4, 0.5) is 0 Å². The molecule has 0 amide bonds. The summed E-state index contributed by atoms with van der Waals surface area (Å²) >= 11 is 0. The number of nitrogens with zero attached hydrogens (tertiary/aromatic N) is 1. The van der Waals surface area contributed by atoms with Crippen molar-refractivity contribution in [3.63, 3.8) is 0 Å². The molecule has 0 aromatic rings. The van der Waals surface area contributed by atoms with E-state index in [0.29, 0.717) is 6.61 Å². The number of hydrogen-bond donors (Lipinski definition) is 1. The first kappa shape index (κ1) is 17.4. The molecule has 0 bridgehead atoms. The van der Waals surface area contributed by atoms with Crippen molar-refractivity contribution in [2.24, 2.45) is 17.1 Å². The Kier molecular flexibility index (Phi) is 7.52. The van der Waals surface area contributed by atoms with Gasteiger partial charge < -0.3 is 15.4 Å². The number of unbranched alkanes of at least 4 members (excludes halogenated alkanes) is 1. The van der Waals surface area contributed by atoms with Crippen LogP contribution in [0.25, 0.3) is 0 Å². The Morgan fingerprint density at radius 1 is 1.40 bits per heavy atom. The zero-order valence-corrected chi connectivity index (χ0v) is 13.5. The second-order valence-corrected chi connectivity index (χ2v) is 6.72. The van der Waals surface area contributed by atoms with Crippen LogP contribution in [0, 0.1) is 11.3 Å². The number of carbonyl (C=O) groups excluding carboxylic acids is 1. The summed E-state index contributed by atoms with van der Waals surface area (Å²) in [6.45, 7) is 10.7. The van der Waals surface area contributed by atoms with Crippen molar-refractivity contribution in [2.45, 2.75) is 52.9 Å². The summed E-state index contributed by atoms with van der Waals surface area (Å²) in [5.74, 6) is 0.0747. The van der Waals surface area contributed by atoms with Crippen molar-refractivity contribution in [1.29, 1.82) is 0 Å². The van der Waals surface area contributed by atoms with E-state index in [1.165, 1.54) is 19.3 Å². The second-order valence-electron chi connectivity index (χ2n) is 6.72. The van der Waals surface area contributed by atoms with Crippen molar-refractivity contribution in [3.05, 3.63) is 0 Å². The molecule has 0 saturated carbocycles. The standard InChI is InChI=1S/C16H32N2O2/c1-4-20-15(19)14-8-7-11-18(12-14)10-6-5-9-16(2,3)13-17/h14H,4-13,17H2,1-3H3. The highest BCUT2D eigenvalue weighted by Crippen LogP contribution is 2.22. The van der Waals surface area contributed by atoms with Crippen LogP contribution in [0.1, 0.15) is 52.9 Å². The molecular weight excluding hydrogens is 252 g/mol. The molecule has 20 heavy (non-hydrogen) atoms. The molecule has 0 aromatic carbocycles. The van der Waals surface area contributed by atoms with Gasteiger partial charge in [0, 0.05) is 6.54 Å². The van der Waals surface area contributed by atoms with Gasteiger partial charge in [-0.25, -0.2) is 0 Å². The number of hydrogen-bond acceptors (Lipinski definition) is 4. The summed E-state index contributed by atoms with van der Waals surface area (Å²) in [5, 5.41) is 0. The first-order valence-electron chi connectivity index (χ1n) is 8.07. The highest BCUT2D eigenvalue weighted by atomic mass is 16.5. The zero-order chi connectivity index (χ0) is 15.0. The minimum Gasteiger partial charge on any atom is -0.466 e. The van der Waals surface area contributed by atoms with Gasteiger partial charge in [0.05, 0.1) is 12.5 Å². The topological polar surface area (TPSA) is 55.6 Å². The monoisotopic (exact) mass is 284 g/mol. The van der Waals surface area contributed by atoms with E-state index in [1.807, 2.05) is 6.92 Å². The fourth-order valence-electron chi connectivity index (χ4n) is 2.75. The lowest BCUT2D eigenvalue weighted by atomic mass is 9.87. The molecule has 0 aromatic heterocycles. The van der Waals surface area contributed by atoms with Gasteiger partial charge in [0.1, 0.15) is 0 Å². The fourth-order valence-corrected chi connectivity index (χ4v) is 2.75. The summed E-state index contributed by atoms with van der Waals surface area (Å²) in [6, 6.07) is 0. The van der Waals surface area contributed by atoms with Crippen LogP contribution in [0.2, 0.25) is 0 Å². The molecule has 0 radical (unpaired) electrons. The number of ether oxygens (including phenoxy) is 1. The lowest BCUT2D eigenvalue weighted by molar-refractivity contribution is -0.149. The molecular formula is C16H32N2O2. The Hall–Kier alpha value is -0.610. The van der Waals surface area contributed by atoms with Crippen molar-refractivity contribution in [2.75, 3.05) is 32.8 Å². The van der Waals surface area contributed by atoms with E-state index in [0.717, 1.165) is 39.0 Å². The maximum atomic E-state index is 11.8. The number of rotatable bonds is 8. The van der Waals surface area contributed by atoms with E-state index in [9.17, 15) is 4.79 Å². The van der Waals surface area contributed by atoms with Crippen molar-refractivity contribution < 1.29 is 9.53 Å². The average molecular weight is 284 g/mol. The molecule has 1 aliphatic rings. The first-order chi connectivity index (χ1) is 9.48. The Bertz CT molecular complexity index is 292. The third-order valence-corrected chi connectivity index (χ3v) is 4.26. The third-order valence-electron chi connectivity index (χ3n) is 4.26. The highest BCUT2D eigenvalue weighted by Gasteiger charge is 2.26. The quantitative estimate of drug-likeness (QED) is 0.549. The molecule has 1 rings (SSSR count). The van der Waals surface area contributed by atoms with Crippen LogP contribution < -0.4 is 5.73 Å². The van der Waals surface area contributed by atoms with Crippen LogP contribution in [0.15, 0.2) is 0 Å². The average Bonchev–Trinajstić information content (AvgIpc) is 2.44. The molecule has 4 nitrogen and oxygen atoms in total. The van der Waals surface area contributed by atoms with Gasteiger partial charge in [-0.15, -0.1) is 0 Å². The lowest BCUT2D eigenvalue weighted by Crippen LogP contribution is -2.39. The number of nitrogens with two attached hydrogens (primary N) is 1. The minimum absolute atomic E-state index is 0.0125. The molecule has 0 spiro atoms. The summed E-state index contributed by atoms with van der Waals surface area (Å²) < 4.78 is 5.14. The number of likely N-dealkylation sites (tertiary alicyclic amines) is 1. The molecule has 1 unspecified atom stereocenters. The van der Waals surface area contributed by atoms with Crippen LogP contribution in [0.5, 0.6) is 0 Å². The van der Waals surface area contributed by atoms with Crippen molar-refractivity contribution in [1.82, 2.24) is 4.90 Å². The molecule has 1 fully saturated rings. The Labute approximate surface area is 124 Å². The van der Waals surface area contributed by atoms with Gasteiger partial charge in [0.2, 0.25) is 0 Å². The molecule has 118 valence electrons. The maximum absolute atomic E-state index is 11.8. The predicted octanol–water partition coefficient (Wildman–Crippen LogP) is 2.42. The van der Waals surface area contributed by atoms with Gasteiger partial charge in [-0.05, 0) is 57.7 Å². The van der Waals surface area contributed by atoms with Gasteiger partial charge in [-0.1, -0.05) is 20.3 Å². The van der Waals surface area contributed by atoms with Gasteiger partial charge >= 0.3 is 5.97 Å². The summed E-state index contributed by atoms with van der Waals surface area (Å²) in [6.07, 6.45) is 5.68. The number of carbonyl (C=O) groups is 1. The second kappa shape index (κ2) is 8.63. The SMILES string of the molecule is CCOC(=O)C1CCCN(CCCCC(C)(C)CN)C1. The van der Waals surface area contributed by atoms with Crippen molar-refractivity contribution in [3.8, 4) is 0 Å². The van der Waals surface area contributed by atoms with Gasteiger partial charge in [0.15, 0.2) is 0 Å². The summed E-state index contributed by atoms with van der Waals surface area (Å²) in [4.78, 5) is 14.2. The molecule has 4 heteroatoms. The van der Waals surface area contributed by atoms with E-state index in [4.69, 9.17) is 10.5 Å². The van der Waals surface area contributed by atoms with Crippen LogP contribution in [-0.2, 0) is 9.53 Å². The van der Waals surface area contributed by atoms with E-state index >= 15 is 0 Å². The smallest absolute Gasteiger partial charge is 0.310 e. The fraction of sp³-hybridized carbons (Fsp3) is 0.938. The molecule has 1 heterocycles. The molecule has 2 N–H and O–H groups in total. The van der Waals surface area contributed by atoms with E-state index in [-0.39, 0.29) is 17.3 Å². The van der Waals surface area contributed by atoms with E-state index in [1.54, 1.807) is 0 Å². The van der Waals surface area contributed by atoms with E-state index in [2.05, 4.69) is 18.7 Å². The zero-order valence-electron chi connectivity index (χ0n) is 13.5. The predicted molar refractivity (Wildman–Crippen MR) is 82.5 cm³/mol. The van der Waals surface area contributed by atoms with Crippen LogP contribution in [-0.4, -0.2) is 43.7 Å². The molecule has 1 saturated heterocycles. The normalized spacial score (nSPS) is 20.9. The largest absolute Gasteiger partial charge is 0.466 e. The van der Waals surface area contributed by atoms with Crippen LogP contribution in [0.3, 0.4) is 0 Å². The van der Waals surface area contributed by atoms with E-state index < -0.39 is 0 Å². The minimum atomic E-state index is -0.0125. The number of esters is 1. The maximum Gasteiger partial charge on any atom is 0.310 e.